The molecule has 3 heteroatoms. The van der Waals surface area contributed by atoms with Gasteiger partial charge in [-0.15, -0.1) is 0 Å². The van der Waals surface area contributed by atoms with Crippen molar-refractivity contribution in [3.63, 3.8) is 0 Å². The molecular formula is C19H27N3. The number of hydrogen-bond acceptors (Lipinski definition) is 1. The summed E-state index contributed by atoms with van der Waals surface area (Å²) in [7, 11) is 0. The van der Waals surface area contributed by atoms with Crippen molar-refractivity contribution in [3.05, 3.63) is 35.7 Å². The molecule has 118 valence electrons. The molecule has 2 aromatic rings. The molecule has 22 heavy (non-hydrogen) atoms. The number of aryl methyl sites for hydroxylation is 1. The number of nitrogens with one attached hydrogen (secondary N) is 2. The molecule has 1 saturated carbocycles. The molecule has 1 aliphatic rings. The molecule has 0 aromatic carbocycles. The van der Waals surface area contributed by atoms with Crippen LogP contribution in [0.15, 0.2) is 29.5 Å². The summed E-state index contributed by atoms with van der Waals surface area (Å²) in [6.45, 7) is 2.18. The quantitative estimate of drug-likeness (QED) is 0.737. The summed E-state index contributed by atoms with van der Waals surface area (Å²) >= 11 is 0. The molecule has 0 spiro atoms. The Morgan fingerprint density at radius 2 is 1.91 bits per heavy atom. The van der Waals surface area contributed by atoms with Gasteiger partial charge in [0, 0.05) is 30.2 Å². The number of H-pyrrole nitrogens is 2. The lowest BCUT2D eigenvalue weighted by Gasteiger charge is -2.15. The number of aromatic amines is 2. The highest BCUT2D eigenvalue weighted by atomic mass is 14.8. The van der Waals surface area contributed by atoms with Crippen LogP contribution in [0.25, 0.3) is 11.4 Å². The first-order valence-electron chi connectivity index (χ1n) is 8.75. The Morgan fingerprint density at radius 1 is 1.14 bits per heavy atom. The standard InChI is InChI=1S/C19H27N3/c1-2-15-12-18(22-13-15)19-16(10-11-20-19)14-21-17-8-6-4-3-5-7-9-17/h10-14,17,20,22H,2-9H2,1H3. The van der Waals surface area contributed by atoms with Crippen molar-refractivity contribution in [2.24, 2.45) is 4.99 Å². The van der Waals surface area contributed by atoms with Crippen molar-refractivity contribution in [1.82, 2.24) is 9.97 Å². The predicted molar refractivity (Wildman–Crippen MR) is 93.7 cm³/mol. The van der Waals surface area contributed by atoms with E-state index < -0.39 is 0 Å². The van der Waals surface area contributed by atoms with Crippen molar-refractivity contribution in [1.29, 1.82) is 0 Å². The van der Waals surface area contributed by atoms with E-state index in [0.29, 0.717) is 6.04 Å². The molecule has 1 aliphatic carbocycles. The summed E-state index contributed by atoms with van der Waals surface area (Å²) in [5.74, 6) is 0. The predicted octanol–water partition coefficient (Wildman–Crippen LogP) is 5.10. The Hall–Kier alpha value is -1.77. The Morgan fingerprint density at radius 3 is 2.64 bits per heavy atom. The molecule has 2 aromatic heterocycles. The summed E-state index contributed by atoms with van der Waals surface area (Å²) in [6, 6.07) is 4.85. The van der Waals surface area contributed by atoms with Crippen LogP contribution < -0.4 is 0 Å². The third kappa shape index (κ3) is 3.70. The van der Waals surface area contributed by atoms with Crippen LogP contribution in [0, 0.1) is 0 Å². The second-order valence-electron chi connectivity index (χ2n) is 6.36. The van der Waals surface area contributed by atoms with E-state index in [0.717, 1.165) is 17.8 Å². The van der Waals surface area contributed by atoms with Gasteiger partial charge in [-0.2, -0.15) is 0 Å². The normalized spacial score (nSPS) is 17.7. The first-order chi connectivity index (χ1) is 10.9. The highest BCUT2D eigenvalue weighted by Crippen LogP contribution is 2.23. The van der Waals surface area contributed by atoms with Gasteiger partial charge >= 0.3 is 0 Å². The largest absolute Gasteiger partial charge is 0.360 e. The van der Waals surface area contributed by atoms with E-state index in [1.54, 1.807) is 0 Å². The minimum atomic E-state index is 0.512. The molecule has 0 saturated heterocycles. The number of rotatable bonds is 4. The maximum Gasteiger partial charge on any atom is 0.0708 e. The minimum absolute atomic E-state index is 0.512. The van der Waals surface area contributed by atoms with Crippen LogP contribution >= 0.6 is 0 Å². The van der Waals surface area contributed by atoms with Crippen molar-refractivity contribution in [2.75, 3.05) is 0 Å². The topological polar surface area (TPSA) is 43.9 Å². The fourth-order valence-corrected chi connectivity index (χ4v) is 3.28. The van der Waals surface area contributed by atoms with Gasteiger partial charge in [0.2, 0.25) is 0 Å². The Kier molecular flexibility index (Phi) is 5.15. The van der Waals surface area contributed by atoms with Gasteiger partial charge in [-0.3, -0.25) is 4.99 Å². The zero-order chi connectivity index (χ0) is 15.2. The number of nitrogens with zero attached hydrogens (tertiary/aromatic N) is 1. The Balaban J connectivity index is 1.72. The lowest BCUT2D eigenvalue weighted by atomic mass is 9.97. The summed E-state index contributed by atoms with van der Waals surface area (Å²) in [5, 5.41) is 0. The number of aliphatic imine (C=N–C) groups is 1. The van der Waals surface area contributed by atoms with Crippen molar-refractivity contribution >= 4 is 6.21 Å². The smallest absolute Gasteiger partial charge is 0.0708 e. The van der Waals surface area contributed by atoms with Gasteiger partial charge in [-0.25, -0.2) is 0 Å². The molecule has 0 bridgehead atoms. The molecule has 2 heterocycles. The fourth-order valence-electron chi connectivity index (χ4n) is 3.28. The highest BCUT2D eigenvalue weighted by Gasteiger charge is 2.11. The van der Waals surface area contributed by atoms with E-state index in [9.17, 15) is 0 Å². The van der Waals surface area contributed by atoms with Crippen LogP contribution in [0.3, 0.4) is 0 Å². The maximum absolute atomic E-state index is 4.88. The second-order valence-corrected chi connectivity index (χ2v) is 6.36. The zero-order valence-corrected chi connectivity index (χ0v) is 13.6. The molecule has 0 unspecified atom stereocenters. The SMILES string of the molecule is CCc1c[nH]c(-c2[nH]ccc2C=NC2CCCCCCC2)c1. The van der Waals surface area contributed by atoms with Gasteiger partial charge < -0.3 is 9.97 Å². The molecule has 0 aliphatic heterocycles. The van der Waals surface area contributed by atoms with Gasteiger partial charge in [0.15, 0.2) is 0 Å². The summed E-state index contributed by atoms with van der Waals surface area (Å²) in [5.41, 5.74) is 4.83. The number of aromatic nitrogens is 2. The molecule has 0 amide bonds. The monoisotopic (exact) mass is 297 g/mol. The highest BCUT2D eigenvalue weighted by molar-refractivity contribution is 5.88. The van der Waals surface area contributed by atoms with Crippen LogP contribution in [-0.2, 0) is 6.42 Å². The van der Waals surface area contributed by atoms with Crippen molar-refractivity contribution in [3.8, 4) is 11.4 Å². The molecule has 3 rings (SSSR count). The average Bonchev–Trinajstić information content (AvgIpc) is 3.14. The molecule has 0 radical (unpaired) electrons. The van der Waals surface area contributed by atoms with Gasteiger partial charge in [0.1, 0.15) is 0 Å². The van der Waals surface area contributed by atoms with E-state index in [4.69, 9.17) is 4.99 Å². The molecule has 2 N–H and O–H groups in total. The van der Waals surface area contributed by atoms with Crippen LogP contribution in [0.4, 0.5) is 0 Å². The van der Waals surface area contributed by atoms with Crippen LogP contribution in [0.2, 0.25) is 0 Å². The van der Waals surface area contributed by atoms with E-state index in [1.165, 1.54) is 56.1 Å². The Labute approximate surface area is 133 Å². The molecule has 1 fully saturated rings. The van der Waals surface area contributed by atoms with E-state index >= 15 is 0 Å². The lowest BCUT2D eigenvalue weighted by Crippen LogP contribution is -2.07. The van der Waals surface area contributed by atoms with Crippen molar-refractivity contribution in [2.45, 2.75) is 64.3 Å². The van der Waals surface area contributed by atoms with Crippen LogP contribution in [-0.4, -0.2) is 22.2 Å². The average molecular weight is 297 g/mol. The number of hydrogen-bond donors (Lipinski definition) is 2. The second kappa shape index (κ2) is 7.48. The molecular weight excluding hydrogens is 270 g/mol. The third-order valence-corrected chi connectivity index (χ3v) is 4.70. The lowest BCUT2D eigenvalue weighted by molar-refractivity contribution is 0.456. The van der Waals surface area contributed by atoms with Gasteiger partial charge in [0.05, 0.1) is 11.4 Å². The van der Waals surface area contributed by atoms with Gasteiger partial charge in [-0.05, 0) is 37.0 Å². The minimum Gasteiger partial charge on any atom is -0.360 e. The van der Waals surface area contributed by atoms with Gasteiger partial charge in [-0.1, -0.05) is 39.0 Å². The van der Waals surface area contributed by atoms with E-state index in [1.807, 2.05) is 6.20 Å². The first kappa shape index (κ1) is 15.1. The third-order valence-electron chi connectivity index (χ3n) is 4.70. The van der Waals surface area contributed by atoms with Crippen LogP contribution in [0.5, 0.6) is 0 Å². The zero-order valence-electron chi connectivity index (χ0n) is 13.6. The van der Waals surface area contributed by atoms with E-state index in [-0.39, 0.29) is 0 Å². The summed E-state index contributed by atoms with van der Waals surface area (Å²) in [6.07, 6.45) is 16.5. The summed E-state index contributed by atoms with van der Waals surface area (Å²) in [4.78, 5) is 11.6. The fraction of sp³-hybridized carbons (Fsp3) is 0.526. The van der Waals surface area contributed by atoms with E-state index in [2.05, 4.69) is 41.4 Å². The molecule has 3 nitrogen and oxygen atoms in total. The molecule has 0 atom stereocenters. The van der Waals surface area contributed by atoms with Crippen LogP contribution in [0.1, 0.15) is 63.0 Å². The Bertz CT molecular complexity index is 598. The van der Waals surface area contributed by atoms with Crippen molar-refractivity contribution < 1.29 is 0 Å². The van der Waals surface area contributed by atoms with Gasteiger partial charge in [0.25, 0.3) is 0 Å². The summed E-state index contributed by atoms with van der Waals surface area (Å²) < 4.78 is 0. The first-order valence-corrected chi connectivity index (χ1v) is 8.75. The maximum atomic E-state index is 4.88.